The summed E-state index contributed by atoms with van der Waals surface area (Å²) in [5.41, 5.74) is 2.21. The van der Waals surface area contributed by atoms with Gasteiger partial charge in [-0.05, 0) is 36.8 Å². The Hall–Kier alpha value is -1.98. The average molecular weight is 286 g/mol. The number of benzene rings is 1. The van der Waals surface area contributed by atoms with Crippen molar-refractivity contribution in [3.8, 4) is 0 Å². The maximum atomic E-state index is 5.54. The molecule has 3 aromatic rings. The summed E-state index contributed by atoms with van der Waals surface area (Å²) in [4.78, 5) is 8.83. The highest BCUT2D eigenvalue weighted by Crippen LogP contribution is 2.28. The lowest BCUT2D eigenvalue weighted by Gasteiger charge is -1.91. The number of aromatic nitrogens is 1. The van der Waals surface area contributed by atoms with E-state index in [-0.39, 0.29) is 0 Å². The van der Waals surface area contributed by atoms with Crippen LogP contribution in [0, 0.1) is 6.92 Å². The summed E-state index contributed by atoms with van der Waals surface area (Å²) in [7, 11) is 1.64. The summed E-state index contributed by atoms with van der Waals surface area (Å²) in [6.45, 7) is 2.54. The number of aliphatic imine (C=N–C) groups is 1. The number of hydrogen-bond acceptors (Lipinski definition) is 5. The molecule has 20 heavy (non-hydrogen) atoms. The molecule has 0 saturated heterocycles. The summed E-state index contributed by atoms with van der Waals surface area (Å²) in [5, 5.41) is 0.732. The third-order valence-corrected chi connectivity index (χ3v) is 3.73. The van der Waals surface area contributed by atoms with Crippen LogP contribution in [0.2, 0.25) is 0 Å². The Bertz CT molecular complexity index is 758. The highest BCUT2D eigenvalue weighted by molar-refractivity contribution is 7.22. The fourth-order valence-electron chi connectivity index (χ4n) is 1.88. The number of thiazole rings is 1. The van der Waals surface area contributed by atoms with Crippen molar-refractivity contribution in [2.45, 2.75) is 13.5 Å². The van der Waals surface area contributed by atoms with Crippen LogP contribution in [0.25, 0.3) is 10.2 Å². The minimum Gasteiger partial charge on any atom is -0.458 e. The van der Waals surface area contributed by atoms with E-state index in [4.69, 9.17) is 9.15 Å². The predicted molar refractivity (Wildman–Crippen MR) is 81.0 cm³/mol. The number of furan rings is 1. The molecule has 0 aliphatic rings. The van der Waals surface area contributed by atoms with Gasteiger partial charge in [-0.3, -0.25) is 0 Å². The van der Waals surface area contributed by atoms with Gasteiger partial charge in [0.2, 0.25) is 5.13 Å². The largest absolute Gasteiger partial charge is 0.458 e. The van der Waals surface area contributed by atoms with Crippen LogP contribution < -0.4 is 0 Å². The molecule has 2 heterocycles. The first-order valence-corrected chi connectivity index (χ1v) is 7.05. The second kappa shape index (κ2) is 5.56. The van der Waals surface area contributed by atoms with Gasteiger partial charge in [0.15, 0.2) is 0 Å². The quantitative estimate of drug-likeness (QED) is 0.678. The molecule has 0 amide bonds. The third kappa shape index (κ3) is 2.79. The summed E-state index contributed by atoms with van der Waals surface area (Å²) in [5.74, 6) is 1.49. The summed E-state index contributed by atoms with van der Waals surface area (Å²) in [6.07, 6.45) is 1.68. The molecular weight excluding hydrogens is 272 g/mol. The second-order valence-electron chi connectivity index (χ2n) is 4.46. The molecule has 4 nitrogen and oxygen atoms in total. The van der Waals surface area contributed by atoms with Gasteiger partial charge in [0.05, 0.1) is 16.4 Å². The summed E-state index contributed by atoms with van der Waals surface area (Å²) in [6, 6.07) is 9.94. The molecule has 0 spiro atoms. The van der Waals surface area contributed by atoms with Crippen LogP contribution in [-0.4, -0.2) is 18.3 Å². The van der Waals surface area contributed by atoms with Crippen LogP contribution >= 0.6 is 11.3 Å². The highest BCUT2D eigenvalue weighted by atomic mass is 32.1. The van der Waals surface area contributed by atoms with Gasteiger partial charge in [0.1, 0.15) is 18.1 Å². The third-order valence-electron chi connectivity index (χ3n) is 2.80. The number of fused-ring (bicyclic) bond motifs is 1. The fourth-order valence-corrected chi connectivity index (χ4v) is 2.79. The smallest absolute Gasteiger partial charge is 0.210 e. The maximum Gasteiger partial charge on any atom is 0.210 e. The summed E-state index contributed by atoms with van der Waals surface area (Å²) < 4.78 is 11.7. The minimum absolute atomic E-state index is 0.467. The molecule has 0 fully saturated rings. The van der Waals surface area contributed by atoms with E-state index in [1.165, 1.54) is 5.56 Å². The second-order valence-corrected chi connectivity index (χ2v) is 5.47. The SMILES string of the molecule is COCc1ccc(C=Nc2nc3ccc(C)cc3s2)o1. The monoisotopic (exact) mass is 286 g/mol. The molecule has 0 saturated carbocycles. The lowest BCUT2D eigenvalue weighted by molar-refractivity contribution is 0.164. The fraction of sp³-hybridized carbons (Fsp3) is 0.200. The topological polar surface area (TPSA) is 47.6 Å². The van der Waals surface area contributed by atoms with Crippen molar-refractivity contribution >= 4 is 32.9 Å². The number of methoxy groups -OCH3 is 1. The van der Waals surface area contributed by atoms with E-state index in [2.05, 4.69) is 29.0 Å². The van der Waals surface area contributed by atoms with Crippen LogP contribution in [0.3, 0.4) is 0 Å². The van der Waals surface area contributed by atoms with Gasteiger partial charge in [-0.2, -0.15) is 0 Å². The van der Waals surface area contributed by atoms with Crippen molar-refractivity contribution in [2.24, 2.45) is 4.99 Å². The Labute approximate surface area is 120 Å². The van der Waals surface area contributed by atoms with Crippen LogP contribution in [0.5, 0.6) is 0 Å². The number of nitrogens with zero attached hydrogens (tertiary/aromatic N) is 2. The number of hydrogen-bond donors (Lipinski definition) is 0. The first kappa shape index (κ1) is 13.0. The van der Waals surface area contributed by atoms with Crippen LogP contribution in [0.15, 0.2) is 39.7 Å². The van der Waals surface area contributed by atoms with Gasteiger partial charge in [0, 0.05) is 7.11 Å². The highest BCUT2D eigenvalue weighted by Gasteiger charge is 2.03. The van der Waals surface area contributed by atoms with E-state index >= 15 is 0 Å². The normalized spacial score (nSPS) is 11.7. The molecule has 0 aliphatic carbocycles. The van der Waals surface area contributed by atoms with Crippen molar-refractivity contribution in [1.29, 1.82) is 0 Å². The van der Waals surface area contributed by atoms with Gasteiger partial charge in [-0.15, -0.1) is 0 Å². The van der Waals surface area contributed by atoms with Crippen molar-refractivity contribution < 1.29 is 9.15 Å². The number of aryl methyl sites for hydroxylation is 1. The Morgan fingerprint density at radius 1 is 1.35 bits per heavy atom. The van der Waals surface area contributed by atoms with Crippen molar-refractivity contribution in [1.82, 2.24) is 4.98 Å². The Balaban J connectivity index is 1.82. The van der Waals surface area contributed by atoms with E-state index in [0.29, 0.717) is 12.4 Å². The number of rotatable bonds is 4. The van der Waals surface area contributed by atoms with Crippen molar-refractivity contribution in [3.05, 3.63) is 47.4 Å². The van der Waals surface area contributed by atoms with E-state index < -0.39 is 0 Å². The van der Waals surface area contributed by atoms with E-state index in [1.807, 2.05) is 18.2 Å². The maximum absolute atomic E-state index is 5.54. The Morgan fingerprint density at radius 3 is 3.10 bits per heavy atom. The molecule has 1 aromatic carbocycles. The first-order valence-electron chi connectivity index (χ1n) is 6.23. The summed E-state index contributed by atoms with van der Waals surface area (Å²) >= 11 is 1.57. The standard InChI is InChI=1S/C15H14N2O2S/c1-10-3-6-13-14(7-10)20-15(17-13)16-8-11-4-5-12(19-11)9-18-2/h3-8H,9H2,1-2H3. The lowest BCUT2D eigenvalue weighted by Crippen LogP contribution is -1.82. The molecule has 0 aliphatic heterocycles. The zero-order valence-electron chi connectivity index (χ0n) is 11.3. The van der Waals surface area contributed by atoms with Crippen LogP contribution in [0.1, 0.15) is 17.1 Å². The lowest BCUT2D eigenvalue weighted by atomic mass is 10.2. The molecule has 0 bridgehead atoms. The Kier molecular flexibility index (Phi) is 3.62. The molecule has 0 radical (unpaired) electrons. The van der Waals surface area contributed by atoms with Gasteiger partial charge in [0.25, 0.3) is 0 Å². The van der Waals surface area contributed by atoms with Gasteiger partial charge in [-0.25, -0.2) is 9.98 Å². The van der Waals surface area contributed by atoms with Crippen molar-refractivity contribution in [3.63, 3.8) is 0 Å². The Morgan fingerprint density at radius 2 is 2.25 bits per heavy atom. The zero-order chi connectivity index (χ0) is 13.9. The molecule has 5 heteroatoms. The van der Waals surface area contributed by atoms with Crippen LogP contribution in [0.4, 0.5) is 5.13 Å². The van der Waals surface area contributed by atoms with Gasteiger partial charge in [-0.1, -0.05) is 17.4 Å². The van der Waals surface area contributed by atoms with E-state index in [1.54, 1.807) is 24.7 Å². The van der Waals surface area contributed by atoms with Crippen molar-refractivity contribution in [2.75, 3.05) is 7.11 Å². The molecule has 0 N–H and O–H groups in total. The number of ether oxygens (including phenoxy) is 1. The molecule has 0 unspecified atom stereocenters. The average Bonchev–Trinajstić information content (AvgIpc) is 3.02. The van der Waals surface area contributed by atoms with Gasteiger partial charge >= 0.3 is 0 Å². The van der Waals surface area contributed by atoms with E-state index in [9.17, 15) is 0 Å². The first-order chi connectivity index (χ1) is 9.74. The van der Waals surface area contributed by atoms with Crippen LogP contribution in [-0.2, 0) is 11.3 Å². The zero-order valence-corrected chi connectivity index (χ0v) is 12.1. The molecule has 0 atom stereocenters. The predicted octanol–water partition coefficient (Wildman–Crippen LogP) is 4.09. The van der Waals surface area contributed by atoms with E-state index in [0.717, 1.165) is 21.1 Å². The molecular formula is C15H14N2O2S. The van der Waals surface area contributed by atoms with Gasteiger partial charge < -0.3 is 9.15 Å². The molecule has 3 rings (SSSR count). The molecule has 2 aromatic heterocycles. The molecule has 102 valence electrons. The minimum atomic E-state index is 0.467.